The highest BCUT2D eigenvalue weighted by Gasteiger charge is 2.38. The van der Waals surface area contributed by atoms with Crippen LogP contribution in [0.4, 0.5) is 0 Å². The first-order valence-electron chi connectivity index (χ1n) is 6.79. The van der Waals surface area contributed by atoms with Gasteiger partial charge in [-0.15, -0.1) is 11.8 Å². The lowest BCUT2D eigenvalue weighted by molar-refractivity contribution is -0.0786. The first-order chi connectivity index (χ1) is 11.1. The molecule has 1 aliphatic rings. The number of hydrogen-bond acceptors (Lipinski definition) is 8. The van der Waals surface area contributed by atoms with Gasteiger partial charge in [0.1, 0.15) is 18.5 Å². The molecule has 0 spiro atoms. The molecule has 0 aliphatic carbocycles. The molecule has 23 heavy (non-hydrogen) atoms. The van der Waals surface area contributed by atoms with E-state index in [-0.39, 0.29) is 16.7 Å². The number of rotatable bonds is 3. The van der Waals surface area contributed by atoms with Gasteiger partial charge in [-0.05, 0) is 6.07 Å². The van der Waals surface area contributed by atoms with Crippen molar-refractivity contribution in [2.24, 2.45) is 0 Å². The van der Waals surface area contributed by atoms with Crippen molar-refractivity contribution < 1.29 is 20.1 Å². The van der Waals surface area contributed by atoms with Crippen LogP contribution in [0.3, 0.4) is 0 Å². The predicted octanol–water partition coefficient (Wildman–Crippen LogP) is 0.726. The maximum Gasteiger partial charge on any atom is 0.173 e. The SMILES string of the molecule is O[C@@H]1[C@@H](O)[C@H](Oc2cc(-c3cncnc3)cnc2Cl)SC[C@H]1O. The molecule has 0 aromatic carbocycles. The number of pyridine rings is 1. The Labute approximate surface area is 141 Å². The highest BCUT2D eigenvalue weighted by Crippen LogP contribution is 2.33. The van der Waals surface area contributed by atoms with E-state index >= 15 is 0 Å². The maximum absolute atomic E-state index is 10.0. The van der Waals surface area contributed by atoms with Gasteiger partial charge < -0.3 is 20.1 Å². The fraction of sp³-hybridized carbons (Fsp3) is 0.357. The van der Waals surface area contributed by atoms with Crippen molar-refractivity contribution in [2.75, 3.05) is 5.75 Å². The molecule has 3 N–H and O–H groups in total. The van der Waals surface area contributed by atoms with E-state index in [9.17, 15) is 15.3 Å². The minimum absolute atomic E-state index is 0.138. The quantitative estimate of drug-likeness (QED) is 0.691. The third-order valence-corrected chi connectivity index (χ3v) is 4.92. The van der Waals surface area contributed by atoms with E-state index in [1.54, 1.807) is 24.7 Å². The Morgan fingerprint density at radius 2 is 1.83 bits per heavy atom. The van der Waals surface area contributed by atoms with Crippen molar-refractivity contribution in [1.82, 2.24) is 15.0 Å². The topological polar surface area (TPSA) is 109 Å². The zero-order valence-electron chi connectivity index (χ0n) is 11.8. The minimum Gasteiger partial charge on any atom is -0.474 e. The summed E-state index contributed by atoms with van der Waals surface area (Å²) in [6.07, 6.45) is 2.76. The molecule has 0 radical (unpaired) electrons. The summed E-state index contributed by atoms with van der Waals surface area (Å²) in [6.45, 7) is 0. The first-order valence-corrected chi connectivity index (χ1v) is 8.22. The number of aliphatic hydroxyl groups is 3. The van der Waals surface area contributed by atoms with Crippen LogP contribution in [0.5, 0.6) is 5.75 Å². The molecule has 3 heterocycles. The molecule has 1 fully saturated rings. The molecule has 0 bridgehead atoms. The molecule has 1 aliphatic heterocycles. The summed E-state index contributed by atoms with van der Waals surface area (Å²) in [5.74, 6) is 0.522. The Bertz CT molecular complexity index is 678. The van der Waals surface area contributed by atoms with E-state index in [0.29, 0.717) is 5.56 Å². The van der Waals surface area contributed by atoms with Crippen molar-refractivity contribution in [3.8, 4) is 16.9 Å². The molecule has 7 nitrogen and oxygen atoms in total. The van der Waals surface area contributed by atoms with Gasteiger partial charge in [-0.2, -0.15) is 0 Å². The first kappa shape index (κ1) is 16.4. The average Bonchev–Trinajstić information content (AvgIpc) is 2.58. The second-order valence-corrected chi connectivity index (χ2v) is 6.50. The normalized spacial score (nSPS) is 27.7. The van der Waals surface area contributed by atoms with Crippen LogP contribution in [-0.2, 0) is 0 Å². The summed E-state index contributed by atoms with van der Waals surface area (Å²) in [4.78, 5) is 11.9. The van der Waals surface area contributed by atoms with Crippen LogP contribution in [0.2, 0.25) is 5.15 Å². The van der Waals surface area contributed by atoms with E-state index in [1.807, 2.05) is 0 Å². The molecule has 2 aromatic rings. The fourth-order valence-corrected chi connectivity index (χ4v) is 3.39. The minimum atomic E-state index is -1.27. The van der Waals surface area contributed by atoms with Crippen LogP contribution in [0.15, 0.2) is 31.0 Å². The Kier molecular flexibility index (Phi) is 4.98. The van der Waals surface area contributed by atoms with Crippen LogP contribution in [0.1, 0.15) is 0 Å². The van der Waals surface area contributed by atoms with Gasteiger partial charge in [0.15, 0.2) is 16.3 Å². The van der Waals surface area contributed by atoms with Gasteiger partial charge >= 0.3 is 0 Å². The Morgan fingerprint density at radius 3 is 2.57 bits per heavy atom. The molecule has 2 aromatic heterocycles. The van der Waals surface area contributed by atoms with Crippen molar-refractivity contribution in [1.29, 1.82) is 0 Å². The van der Waals surface area contributed by atoms with Gasteiger partial charge in [0, 0.05) is 35.5 Å². The lowest BCUT2D eigenvalue weighted by atomic mass is 10.1. The Balaban J connectivity index is 1.83. The van der Waals surface area contributed by atoms with Crippen molar-refractivity contribution in [2.45, 2.75) is 23.7 Å². The van der Waals surface area contributed by atoms with Gasteiger partial charge in [0.05, 0.1) is 6.10 Å². The van der Waals surface area contributed by atoms with E-state index < -0.39 is 23.7 Å². The standard InChI is InChI=1S/C14H14ClN3O4S/c15-13-10(22-14-12(21)11(20)9(19)5-23-14)1-7(4-18-13)8-2-16-6-17-3-8/h1-4,6,9,11-12,14,19-21H,5H2/t9-,11+,12-,14-/m1/s1. The Hall–Kier alpha value is -1.45. The zero-order valence-corrected chi connectivity index (χ0v) is 13.4. The summed E-state index contributed by atoms with van der Waals surface area (Å²) >= 11 is 7.24. The van der Waals surface area contributed by atoms with Gasteiger partial charge in [-0.3, -0.25) is 0 Å². The predicted molar refractivity (Wildman–Crippen MR) is 85.2 cm³/mol. The molecular formula is C14H14ClN3O4S. The number of aromatic nitrogens is 3. The molecule has 0 amide bonds. The van der Waals surface area contributed by atoms with Crippen LogP contribution < -0.4 is 4.74 Å². The fourth-order valence-electron chi connectivity index (χ4n) is 2.12. The second kappa shape index (κ2) is 6.98. The molecule has 122 valence electrons. The molecule has 3 rings (SSSR count). The highest BCUT2D eigenvalue weighted by molar-refractivity contribution is 7.99. The van der Waals surface area contributed by atoms with E-state index in [0.717, 1.165) is 5.56 Å². The van der Waals surface area contributed by atoms with E-state index in [1.165, 1.54) is 18.1 Å². The average molecular weight is 356 g/mol. The molecule has 9 heteroatoms. The lowest BCUT2D eigenvalue weighted by Crippen LogP contribution is -2.50. The summed E-state index contributed by atoms with van der Waals surface area (Å²) in [5, 5.41) is 29.4. The van der Waals surface area contributed by atoms with Crippen LogP contribution in [0, 0.1) is 0 Å². The number of hydrogen-bond donors (Lipinski definition) is 3. The monoisotopic (exact) mass is 355 g/mol. The van der Waals surface area contributed by atoms with Crippen LogP contribution in [0.25, 0.3) is 11.1 Å². The van der Waals surface area contributed by atoms with Crippen molar-refractivity contribution >= 4 is 23.4 Å². The van der Waals surface area contributed by atoms with Crippen LogP contribution in [-0.4, -0.2) is 59.8 Å². The number of nitrogens with zero attached hydrogens (tertiary/aromatic N) is 3. The number of thioether (sulfide) groups is 1. The van der Waals surface area contributed by atoms with E-state index in [4.69, 9.17) is 16.3 Å². The van der Waals surface area contributed by atoms with Crippen molar-refractivity contribution in [3.63, 3.8) is 0 Å². The number of halogens is 1. The largest absolute Gasteiger partial charge is 0.474 e. The maximum atomic E-state index is 10.0. The molecule has 0 unspecified atom stereocenters. The number of ether oxygens (including phenoxy) is 1. The third kappa shape index (κ3) is 3.56. The summed E-state index contributed by atoms with van der Waals surface area (Å²) in [7, 11) is 0. The third-order valence-electron chi connectivity index (χ3n) is 3.40. The summed E-state index contributed by atoms with van der Waals surface area (Å²) in [5.41, 5.74) is 0.699. The summed E-state index contributed by atoms with van der Waals surface area (Å²) in [6, 6.07) is 1.67. The van der Waals surface area contributed by atoms with Gasteiger partial charge in [-0.25, -0.2) is 15.0 Å². The smallest absolute Gasteiger partial charge is 0.173 e. The second-order valence-electron chi connectivity index (χ2n) is 5.01. The zero-order chi connectivity index (χ0) is 16.4. The van der Waals surface area contributed by atoms with E-state index in [2.05, 4.69) is 15.0 Å². The summed E-state index contributed by atoms with van der Waals surface area (Å²) < 4.78 is 5.69. The van der Waals surface area contributed by atoms with Crippen LogP contribution >= 0.6 is 23.4 Å². The lowest BCUT2D eigenvalue weighted by Gasteiger charge is -2.34. The molecule has 0 saturated carbocycles. The van der Waals surface area contributed by atoms with Gasteiger partial charge in [0.2, 0.25) is 0 Å². The molecule has 4 atom stereocenters. The number of aliphatic hydroxyl groups excluding tert-OH is 3. The van der Waals surface area contributed by atoms with Gasteiger partial charge in [-0.1, -0.05) is 11.6 Å². The van der Waals surface area contributed by atoms with Crippen molar-refractivity contribution in [3.05, 3.63) is 36.1 Å². The molecule has 1 saturated heterocycles. The molecular weight excluding hydrogens is 342 g/mol. The Morgan fingerprint density at radius 1 is 1.09 bits per heavy atom. The highest BCUT2D eigenvalue weighted by atomic mass is 35.5. The van der Waals surface area contributed by atoms with Gasteiger partial charge in [0.25, 0.3) is 0 Å².